The molecule has 0 fully saturated rings. The van der Waals surface area contributed by atoms with Crippen LogP contribution in [-0.2, 0) is 11.3 Å². The van der Waals surface area contributed by atoms with Crippen LogP contribution in [0.4, 0.5) is 11.5 Å². The van der Waals surface area contributed by atoms with Crippen molar-refractivity contribution in [3.63, 3.8) is 0 Å². The Hall–Kier alpha value is -1.83. The first-order chi connectivity index (χ1) is 10.4. The highest BCUT2D eigenvalue weighted by Crippen LogP contribution is 2.18. The lowest BCUT2D eigenvalue weighted by atomic mass is 10.2. The number of anilines is 2. The molecule has 0 aliphatic heterocycles. The van der Waals surface area contributed by atoms with E-state index in [2.05, 4.69) is 10.3 Å². The number of benzene rings is 1. The summed E-state index contributed by atoms with van der Waals surface area (Å²) in [6.45, 7) is 5.70. The maximum Gasteiger partial charge on any atom is 0.269 e. The lowest BCUT2D eigenvalue weighted by Gasteiger charge is -2.21. The van der Waals surface area contributed by atoms with Gasteiger partial charge in [0.15, 0.2) is 5.11 Å². The summed E-state index contributed by atoms with van der Waals surface area (Å²) in [5, 5.41) is 3.07. The molecule has 0 aliphatic carbocycles. The molecular formula is C15H17N3O2S2. The van der Waals surface area contributed by atoms with E-state index in [1.165, 1.54) is 0 Å². The maximum absolute atomic E-state index is 11.7. The molecule has 0 saturated heterocycles. The number of aromatic nitrogens is 1. The SMILES string of the molecule is Cc1ccc(NC(=S)N(c2cc(C)cc(C)n2)S(=O)O)cc1. The Morgan fingerprint density at radius 1 is 1.18 bits per heavy atom. The summed E-state index contributed by atoms with van der Waals surface area (Å²) >= 11 is 2.94. The number of thiocarbonyl (C=S) groups is 1. The Balaban J connectivity index is 2.29. The molecule has 116 valence electrons. The summed E-state index contributed by atoms with van der Waals surface area (Å²) in [6.07, 6.45) is 0. The molecule has 1 heterocycles. The molecule has 1 aromatic heterocycles. The first-order valence-electron chi connectivity index (χ1n) is 6.61. The monoisotopic (exact) mass is 335 g/mol. The molecular weight excluding hydrogens is 318 g/mol. The van der Waals surface area contributed by atoms with Crippen molar-refractivity contribution in [2.45, 2.75) is 20.8 Å². The third-order valence-electron chi connectivity index (χ3n) is 2.94. The van der Waals surface area contributed by atoms with Crippen molar-refractivity contribution in [3.05, 3.63) is 53.2 Å². The molecule has 5 nitrogen and oxygen atoms in total. The highest BCUT2D eigenvalue weighted by molar-refractivity contribution is 7.87. The summed E-state index contributed by atoms with van der Waals surface area (Å²) in [5.41, 5.74) is 3.56. The third-order valence-corrected chi connectivity index (χ3v) is 4.02. The molecule has 1 aromatic carbocycles. The van der Waals surface area contributed by atoms with E-state index in [0.29, 0.717) is 5.82 Å². The second-order valence-corrected chi connectivity index (χ2v) is 6.18. The quantitative estimate of drug-likeness (QED) is 0.665. The smallest absolute Gasteiger partial charge is 0.269 e. The number of rotatable bonds is 3. The van der Waals surface area contributed by atoms with Crippen molar-refractivity contribution in [2.24, 2.45) is 0 Å². The van der Waals surface area contributed by atoms with Crippen LogP contribution in [0.1, 0.15) is 16.8 Å². The summed E-state index contributed by atoms with van der Waals surface area (Å²) in [6, 6.07) is 11.2. The molecule has 22 heavy (non-hydrogen) atoms. The van der Waals surface area contributed by atoms with Crippen LogP contribution in [-0.4, -0.2) is 18.9 Å². The Morgan fingerprint density at radius 2 is 1.82 bits per heavy atom. The molecule has 1 unspecified atom stereocenters. The minimum Gasteiger partial charge on any atom is -0.331 e. The second kappa shape index (κ2) is 6.95. The Morgan fingerprint density at radius 3 is 2.36 bits per heavy atom. The van der Waals surface area contributed by atoms with Gasteiger partial charge in [0.2, 0.25) is 0 Å². The predicted octanol–water partition coefficient (Wildman–Crippen LogP) is 3.35. The van der Waals surface area contributed by atoms with Crippen LogP contribution in [0.25, 0.3) is 0 Å². The summed E-state index contributed by atoms with van der Waals surface area (Å²) < 4.78 is 22.3. The Kier molecular flexibility index (Phi) is 5.23. The summed E-state index contributed by atoms with van der Waals surface area (Å²) in [4.78, 5) is 4.28. The molecule has 0 spiro atoms. The molecule has 7 heteroatoms. The van der Waals surface area contributed by atoms with Crippen molar-refractivity contribution < 1.29 is 8.76 Å². The van der Waals surface area contributed by atoms with E-state index in [1.54, 1.807) is 6.07 Å². The van der Waals surface area contributed by atoms with Crippen molar-refractivity contribution in [1.82, 2.24) is 4.98 Å². The van der Waals surface area contributed by atoms with E-state index in [4.69, 9.17) is 12.2 Å². The van der Waals surface area contributed by atoms with Gasteiger partial charge in [-0.1, -0.05) is 17.7 Å². The van der Waals surface area contributed by atoms with E-state index < -0.39 is 11.3 Å². The number of hydrogen-bond acceptors (Lipinski definition) is 3. The van der Waals surface area contributed by atoms with E-state index in [-0.39, 0.29) is 5.11 Å². The van der Waals surface area contributed by atoms with Gasteiger partial charge < -0.3 is 5.32 Å². The van der Waals surface area contributed by atoms with E-state index in [9.17, 15) is 8.76 Å². The molecule has 2 aromatic rings. The number of nitrogens with zero attached hydrogens (tertiary/aromatic N) is 2. The number of hydrogen-bond donors (Lipinski definition) is 2. The fraction of sp³-hybridized carbons (Fsp3) is 0.200. The van der Waals surface area contributed by atoms with Crippen LogP contribution in [0, 0.1) is 20.8 Å². The van der Waals surface area contributed by atoms with E-state index in [1.807, 2.05) is 51.1 Å². The van der Waals surface area contributed by atoms with Crippen molar-refractivity contribution >= 4 is 40.1 Å². The average Bonchev–Trinajstić information content (AvgIpc) is 2.40. The Bertz CT molecular complexity index is 697. The number of pyridine rings is 1. The van der Waals surface area contributed by atoms with Crippen LogP contribution < -0.4 is 9.62 Å². The zero-order chi connectivity index (χ0) is 16.3. The minimum absolute atomic E-state index is 0.113. The summed E-state index contributed by atoms with van der Waals surface area (Å²) in [7, 11) is 0. The van der Waals surface area contributed by atoms with Gasteiger partial charge in [-0.15, -0.1) is 0 Å². The van der Waals surface area contributed by atoms with Gasteiger partial charge in [-0.3, -0.25) is 4.55 Å². The summed E-state index contributed by atoms with van der Waals surface area (Å²) in [5.74, 6) is 0.336. The zero-order valence-corrected chi connectivity index (χ0v) is 14.2. The van der Waals surface area contributed by atoms with Crippen LogP contribution in [0.15, 0.2) is 36.4 Å². The first-order valence-corrected chi connectivity index (χ1v) is 8.08. The molecule has 0 amide bonds. The van der Waals surface area contributed by atoms with Gasteiger partial charge in [-0.2, -0.15) is 4.31 Å². The van der Waals surface area contributed by atoms with Crippen LogP contribution in [0.2, 0.25) is 0 Å². The van der Waals surface area contributed by atoms with Crippen LogP contribution in [0.3, 0.4) is 0 Å². The Labute approximate surface area is 137 Å². The van der Waals surface area contributed by atoms with E-state index in [0.717, 1.165) is 26.8 Å². The van der Waals surface area contributed by atoms with Gasteiger partial charge in [-0.25, -0.2) is 9.19 Å². The van der Waals surface area contributed by atoms with Gasteiger partial charge >= 0.3 is 0 Å². The topological polar surface area (TPSA) is 65.5 Å². The van der Waals surface area contributed by atoms with Crippen molar-refractivity contribution in [1.29, 1.82) is 0 Å². The average molecular weight is 335 g/mol. The number of nitrogens with one attached hydrogen (secondary N) is 1. The minimum atomic E-state index is -2.31. The van der Waals surface area contributed by atoms with Gasteiger partial charge in [0, 0.05) is 11.4 Å². The highest BCUT2D eigenvalue weighted by Gasteiger charge is 2.20. The van der Waals surface area contributed by atoms with Crippen LogP contribution >= 0.6 is 12.2 Å². The third kappa shape index (κ3) is 4.09. The lowest BCUT2D eigenvalue weighted by Crippen LogP contribution is -2.36. The molecule has 0 radical (unpaired) electrons. The van der Waals surface area contributed by atoms with Gasteiger partial charge in [0.05, 0.1) is 0 Å². The molecule has 0 bridgehead atoms. The highest BCUT2D eigenvalue weighted by atomic mass is 32.2. The largest absolute Gasteiger partial charge is 0.331 e. The molecule has 0 saturated carbocycles. The standard InChI is InChI=1S/C15H17N3O2S2/c1-10-4-6-13(7-5-10)17-15(21)18(22(19)20)14-9-11(2)8-12(3)16-14/h4-9H,1-3H3,(H,17,21)(H,19,20). The van der Waals surface area contributed by atoms with Gasteiger partial charge in [0.25, 0.3) is 11.3 Å². The normalized spacial score (nSPS) is 11.8. The second-order valence-electron chi connectivity index (χ2n) is 4.97. The fourth-order valence-electron chi connectivity index (χ4n) is 1.99. The van der Waals surface area contributed by atoms with Crippen molar-refractivity contribution in [2.75, 3.05) is 9.62 Å². The zero-order valence-electron chi connectivity index (χ0n) is 12.5. The molecule has 0 aliphatic rings. The predicted molar refractivity (Wildman–Crippen MR) is 94.4 cm³/mol. The van der Waals surface area contributed by atoms with Gasteiger partial charge in [-0.05, 0) is 62.8 Å². The van der Waals surface area contributed by atoms with E-state index >= 15 is 0 Å². The fourth-order valence-corrected chi connectivity index (χ4v) is 2.83. The van der Waals surface area contributed by atoms with Gasteiger partial charge in [0.1, 0.15) is 5.82 Å². The first kappa shape index (κ1) is 16.5. The molecule has 2 N–H and O–H groups in total. The van der Waals surface area contributed by atoms with Crippen LogP contribution in [0.5, 0.6) is 0 Å². The molecule has 1 atom stereocenters. The molecule has 2 rings (SSSR count). The number of aryl methyl sites for hydroxylation is 3. The maximum atomic E-state index is 11.7. The lowest BCUT2D eigenvalue weighted by molar-refractivity contribution is 0.565. The van der Waals surface area contributed by atoms with Crippen molar-refractivity contribution in [3.8, 4) is 0 Å².